The van der Waals surface area contributed by atoms with E-state index in [9.17, 15) is 9.59 Å². The molecule has 2 heterocycles. The molecule has 0 aliphatic carbocycles. The van der Waals surface area contributed by atoms with Crippen LogP contribution in [-0.4, -0.2) is 22.6 Å². The monoisotopic (exact) mass is 385 g/mol. The van der Waals surface area contributed by atoms with Gasteiger partial charge in [0.25, 0.3) is 11.5 Å². The van der Waals surface area contributed by atoms with Crippen LogP contribution in [-0.2, 0) is 0 Å². The van der Waals surface area contributed by atoms with Crippen LogP contribution in [0.1, 0.15) is 15.9 Å². The van der Waals surface area contributed by atoms with Crippen LogP contribution >= 0.6 is 0 Å². The quantitative estimate of drug-likeness (QED) is 0.577. The number of carbonyl (C=O) groups excluding carboxylic acids is 1. The molecule has 6 nitrogen and oxygen atoms in total. The predicted molar refractivity (Wildman–Crippen MR) is 113 cm³/mol. The van der Waals surface area contributed by atoms with E-state index in [2.05, 4.69) is 10.3 Å². The van der Waals surface area contributed by atoms with E-state index in [1.54, 1.807) is 74.1 Å². The van der Waals surface area contributed by atoms with Crippen LogP contribution in [0.3, 0.4) is 0 Å². The first-order chi connectivity index (χ1) is 14.1. The predicted octanol–water partition coefficient (Wildman–Crippen LogP) is 3.96. The normalized spacial score (nSPS) is 10.7. The van der Waals surface area contributed by atoms with Crippen molar-refractivity contribution in [2.24, 2.45) is 0 Å². The van der Waals surface area contributed by atoms with Gasteiger partial charge in [-0.15, -0.1) is 0 Å². The summed E-state index contributed by atoms with van der Waals surface area (Å²) in [7, 11) is 1.57. The Bertz CT molecular complexity index is 1260. The Morgan fingerprint density at radius 3 is 2.55 bits per heavy atom. The van der Waals surface area contributed by atoms with Gasteiger partial charge < -0.3 is 10.1 Å². The van der Waals surface area contributed by atoms with E-state index in [0.29, 0.717) is 33.6 Å². The number of fused-ring (bicyclic) bond motifs is 1. The minimum atomic E-state index is -0.339. The highest BCUT2D eigenvalue weighted by Gasteiger charge is 2.16. The van der Waals surface area contributed by atoms with Gasteiger partial charge in [0.15, 0.2) is 0 Å². The lowest BCUT2D eigenvalue weighted by atomic mass is 10.1. The van der Waals surface area contributed by atoms with E-state index in [1.165, 1.54) is 4.57 Å². The molecule has 4 rings (SSSR count). The molecule has 144 valence electrons. The number of amides is 1. The Morgan fingerprint density at radius 1 is 1.03 bits per heavy atom. The van der Waals surface area contributed by atoms with Gasteiger partial charge in [-0.05, 0) is 36.8 Å². The second-order valence-corrected chi connectivity index (χ2v) is 6.64. The van der Waals surface area contributed by atoms with Crippen molar-refractivity contribution in [1.29, 1.82) is 0 Å². The van der Waals surface area contributed by atoms with Crippen LogP contribution in [0, 0.1) is 6.92 Å². The van der Waals surface area contributed by atoms with E-state index in [0.717, 1.165) is 5.56 Å². The van der Waals surface area contributed by atoms with Gasteiger partial charge in [-0.1, -0.05) is 30.3 Å². The van der Waals surface area contributed by atoms with Crippen LogP contribution in [0.5, 0.6) is 5.75 Å². The molecule has 2 aromatic carbocycles. The molecule has 0 saturated carbocycles. The first-order valence-electron chi connectivity index (χ1n) is 9.09. The summed E-state index contributed by atoms with van der Waals surface area (Å²) in [5.74, 6) is 0.732. The Labute approximate surface area is 167 Å². The van der Waals surface area contributed by atoms with Gasteiger partial charge in [-0.3, -0.25) is 14.2 Å². The molecule has 1 N–H and O–H groups in total. The summed E-state index contributed by atoms with van der Waals surface area (Å²) < 4.78 is 6.73. The molecule has 0 fully saturated rings. The number of pyridine rings is 2. The maximum atomic E-state index is 13.1. The van der Waals surface area contributed by atoms with Crippen LogP contribution in [0.2, 0.25) is 0 Å². The number of methoxy groups -OCH3 is 1. The fourth-order valence-corrected chi connectivity index (χ4v) is 3.15. The van der Waals surface area contributed by atoms with Gasteiger partial charge in [0.1, 0.15) is 11.6 Å². The van der Waals surface area contributed by atoms with Crippen molar-refractivity contribution >= 4 is 22.5 Å². The number of aryl methyl sites for hydroxylation is 1. The summed E-state index contributed by atoms with van der Waals surface area (Å²) >= 11 is 0. The van der Waals surface area contributed by atoms with Crippen molar-refractivity contribution in [3.63, 3.8) is 0 Å². The topological polar surface area (TPSA) is 73.2 Å². The van der Waals surface area contributed by atoms with E-state index in [4.69, 9.17) is 4.74 Å². The largest absolute Gasteiger partial charge is 0.497 e. The van der Waals surface area contributed by atoms with Crippen molar-refractivity contribution in [1.82, 2.24) is 9.55 Å². The van der Waals surface area contributed by atoms with Crippen molar-refractivity contribution in [3.8, 4) is 11.4 Å². The number of ether oxygens (including phenoxy) is 1. The molecule has 0 aliphatic heterocycles. The Kier molecular flexibility index (Phi) is 4.83. The van der Waals surface area contributed by atoms with Gasteiger partial charge in [-0.25, -0.2) is 4.98 Å². The molecule has 2 aromatic heterocycles. The third-order valence-corrected chi connectivity index (χ3v) is 4.65. The van der Waals surface area contributed by atoms with Crippen LogP contribution in [0.25, 0.3) is 16.5 Å². The molecule has 0 bridgehead atoms. The van der Waals surface area contributed by atoms with Gasteiger partial charge in [0.2, 0.25) is 0 Å². The highest BCUT2D eigenvalue weighted by Crippen LogP contribution is 2.21. The van der Waals surface area contributed by atoms with E-state index in [1.807, 2.05) is 13.0 Å². The van der Waals surface area contributed by atoms with Crippen LogP contribution < -0.4 is 15.6 Å². The molecule has 0 radical (unpaired) electrons. The second-order valence-electron chi connectivity index (χ2n) is 6.64. The zero-order valence-corrected chi connectivity index (χ0v) is 16.0. The summed E-state index contributed by atoms with van der Waals surface area (Å²) in [5, 5.41) is 3.85. The molecule has 29 heavy (non-hydrogen) atoms. The number of anilines is 1. The fraction of sp³-hybridized carbons (Fsp3) is 0.0870. The van der Waals surface area contributed by atoms with Crippen molar-refractivity contribution in [2.75, 3.05) is 12.4 Å². The summed E-state index contributed by atoms with van der Waals surface area (Å²) in [6.07, 6.45) is 3.24. The lowest BCUT2D eigenvalue weighted by Gasteiger charge is -2.13. The number of carbonyl (C=O) groups is 1. The molecule has 1 amide bonds. The molecule has 4 aromatic rings. The number of aromatic nitrogens is 2. The van der Waals surface area contributed by atoms with Crippen LogP contribution in [0.4, 0.5) is 5.82 Å². The summed E-state index contributed by atoms with van der Waals surface area (Å²) in [6.45, 7) is 1.93. The molecule has 0 aliphatic rings. The average molecular weight is 385 g/mol. The number of nitrogens with zero attached hydrogens (tertiary/aromatic N) is 2. The maximum Gasteiger partial charge on any atom is 0.262 e. The Hall–Kier alpha value is -3.93. The SMILES string of the molecule is COc1cccc(-n2cc(C(=O)Nc3ccc(C)cn3)c3ccccc3c2=O)c1. The van der Waals surface area contributed by atoms with E-state index in [-0.39, 0.29) is 11.5 Å². The maximum absolute atomic E-state index is 13.1. The van der Waals surface area contributed by atoms with Crippen LogP contribution in [0.15, 0.2) is 77.9 Å². The smallest absolute Gasteiger partial charge is 0.262 e. The highest BCUT2D eigenvalue weighted by molar-refractivity contribution is 6.12. The van der Waals surface area contributed by atoms with Gasteiger partial charge >= 0.3 is 0 Å². The molecule has 0 atom stereocenters. The number of hydrogen-bond donors (Lipinski definition) is 1. The van der Waals surface area contributed by atoms with Gasteiger partial charge in [0, 0.05) is 29.2 Å². The minimum absolute atomic E-state index is 0.209. The summed E-state index contributed by atoms with van der Waals surface area (Å²) in [6, 6.07) is 17.8. The summed E-state index contributed by atoms with van der Waals surface area (Å²) in [4.78, 5) is 30.3. The van der Waals surface area contributed by atoms with Crippen molar-refractivity contribution in [3.05, 3.63) is 94.5 Å². The van der Waals surface area contributed by atoms with Crippen molar-refractivity contribution < 1.29 is 9.53 Å². The summed E-state index contributed by atoms with van der Waals surface area (Å²) in [5.41, 5.74) is 1.78. The third kappa shape index (κ3) is 3.60. The molecule has 0 unspecified atom stereocenters. The number of rotatable bonds is 4. The first-order valence-corrected chi connectivity index (χ1v) is 9.09. The van der Waals surface area contributed by atoms with E-state index < -0.39 is 0 Å². The molecule has 0 spiro atoms. The zero-order chi connectivity index (χ0) is 20.4. The molecule has 6 heteroatoms. The standard InChI is InChI=1S/C23H19N3O3/c1-15-10-11-21(24-13-15)25-22(27)20-14-26(16-6-5-7-17(12-16)29-2)23(28)19-9-4-3-8-18(19)20/h3-14H,1-2H3,(H,24,25,27). The number of nitrogens with one attached hydrogen (secondary N) is 1. The average Bonchev–Trinajstić information content (AvgIpc) is 2.76. The molecular formula is C23H19N3O3. The zero-order valence-electron chi connectivity index (χ0n) is 16.0. The second kappa shape index (κ2) is 7.59. The van der Waals surface area contributed by atoms with Gasteiger partial charge in [-0.2, -0.15) is 0 Å². The third-order valence-electron chi connectivity index (χ3n) is 4.65. The van der Waals surface area contributed by atoms with Gasteiger partial charge in [0.05, 0.1) is 18.4 Å². The fourth-order valence-electron chi connectivity index (χ4n) is 3.15. The highest BCUT2D eigenvalue weighted by atomic mass is 16.5. The Balaban J connectivity index is 1.86. The molecular weight excluding hydrogens is 366 g/mol. The number of hydrogen-bond acceptors (Lipinski definition) is 4. The number of benzene rings is 2. The minimum Gasteiger partial charge on any atom is -0.497 e. The lowest BCUT2D eigenvalue weighted by Crippen LogP contribution is -2.23. The lowest BCUT2D eigenvalue weighted by molar-refractivity contribution is 0.102. The van der Waals surface area contributed by atoms with E-state index >= 15 is 0 Å². The van der Waals surface area contributed by atoms with Crippen molar-refractivity contribution in [2.45, 2.75) is 6.92 Å². The first kappa shape index (κ1) is 18.4. The molecule has 0 saturated heterocycles. The Morgan fingerprint density at radius 2 is 1.83 bits per heavy atom.